The second-order valence-corrected chi connectivity index (χ2v) is 4.47. The molecule has 0 spiro atoms. The first kappa shape index (κ1) is 9.45. The summed E-state index contributed by atoms with van der Waals surface area (Å²) in [4.78, 5) is 3.78. The van der Waals surface area contributed by atoms with E-state index in [1.807, 2.05) is 20.8 Å². The number of ether oxygens (including phenoxy) is 1. The molecule has 12 heavy (non-hydrogen) atoms. The minimum absolute atomic E-state index is 0.161. The predicted octanol–water partition coefficient (Wildman–Crippen LogP) is 2.59. The topological polar surface area (TPSA) is 22.1 Å². The van der Waals surface area contributed by atoms with E-state index in [1.165, 1.54) is 7.11 Å². The van der Waals surface area contributed by atoms with Gasteiger partial charge in [0.2, 0.25) is 0 Å². The van der Waals surface area contributed by atoms with Crippen LogP contribution in [0.5, 0.6) is 5.06 Å². The lowest BCUT2D eigenvalue weighted by molar-refractivity contribution is 0.405. The first-order chi connectivity index (χ1) is 5.45. The summed E-state index contributed by atoms with van der Waals surface area (Å²) in [5.74, 6) is 0. The van der Waals surface area contributed by atoms with Gasteiger partial charge in [-0.15, -0.1) is 0 Å². The molecule has 0 N–H and O–H groups in total. The molecule has 0 amide bonds. The van der Waals surface area contributed by atoms with Crippen molar-refractivity contribution in [2.45, 2.75) is 26.2 Å². The number of methoxy groups -OCH3 is 1. The lowest BCUT2D eigenvalue weighted by Crippen LogP contribution is -2.12. The van der Waals surface area contributed by atoms with Crippen molar-refractivity contribution in [2.24, 2.45) is 0 Å². The van der Waals surface area contributed by atoms with Crippen LogP contribution in [0.3, 0.4) is 0 Å². The van der Waals surface area contributed by atoms with Crippen molar-refractivity contribution in [1.29, 1.82) is 0 Å². The minimum Gasteiger partial charge on any atom is -0.486 e. The zero-order chi connectivity index (χ0) is 9.35. The monoisotopic (exact) mass is 189 g/mol. The van der Waals surface area contributed by atoms with E-state index in [0.717, 1.165) is 11.3 Å². The van der Waals surface area contributed by atoms with Gasteiger partial charge in [0.15, 0.2) is 5.06 Å². The highest BCUT2D eigenvalue weighted by Gasteiger charge is 2.23. The van der Waals surface area contributed by atoms with E-state index >= 15 is 0 Å². The van der Waals surface area contributed by atoms with Crippen LogP contribution in [0.25, 0.3) is 0 Å². The summed E-state index contributed by atoms with van der Waals surface area (Å²) in [5.41, 5.74) is 0.527. The summed E-state index contributed by atoms with van der Waals surface area (Å²) in [6.45, 7) is 5.93. The molecule has 68 valence electrons. The van der Waals surface area contributed by atoms with Gasteiger partial charge < -0.3 is 4.74 Å². The van der Waals surface area contributed by atoms with E-state index in [0.29, 0.717) is 10.8 Å². The third-order valence-corrected chi connectivity index (χ3v) is 2.27. The van der Waals surface area contributed by atoms with Gasteiger partial charge in [0.05, 0.1) is 7.11 Å². The van der Waals surface area contributed by atoms with Gasteiger partial charge in [-0.1, -0.05) is 20.8 Å². The molecule has 0 fully saturated rings. The van der Waals surface area contributed by atoms with Crippen molar-refractivity contribution in [3.8, 4) is 5.06 Å². The second-order valence-electron chi connectivity index (χ2n) is 3.56. The molecule has 1 rings (SSSR count). The Bertz CT molecular complexity index is 277. The molecule has 4 heteroatoms. The fourth-order valence-corrected chi connectivity index (χ4v) is 1.72. The van der Waals surface area contributed by atoms with Crippen LogP contribution >= 0.6 is 11.3 Å². The van der Waals surface area contributed by atoms with Crippen LogP contribution < -0.4 is 4.74 Å². The number of hydrogen-bond acceptors (Lipinski definition) is 3. The predicted molar refractivity (Wildman–Crippen MR) is 47.3 cm³/mol. The molecule has 0 unspecified atom stereocenters. The average Bonchev–Trinajstić information content (AvgIpc) is 2.29. The lowest BCUT2D eigenvalue weighted by atomic mass is 9.93. The Kier molecular flexibility index (Phi) is 2.37. The van der Waals surface area contributed by atoms with Gasteiger partial charge in [0.25, 0.3) is 5.26 Å². The highest BCUT2D eigenvalue weighted by Crippen LogP contribution is 2.34. The lowest BCUT2D eigenvalue weighted by Gasteiger charge is -2.15. The van der Waals surface area contributed by atoms with Crippen molar-refractivity contribution in [3.63, 3.8) is 0 Å². The van der Waals surface area contributed by atoms with Crippen molar-refractivity contribution >= 4 is 11.3 Å². The Morgan fingerprint density at radius 2 is 2.00 bits per heavy atom. The van der Waals surface area contributed by atoms with Gasteiger partial charge >= 0.3 is 0 Å². The van der Waals surface area contributed by atoms with Crippen LogP contribution in [0, 0.1) is 5.26 Å². The van der Waals surface area contributed by atoms with Crippen molar-refractivity contribution in [1.82, 2.24) is 4.98 Å². The Hall–Kier alpha value is -0.640. The van der Waals surface area contributed by atoms with Crippen molar-refractivity contribution in [3.05, 3.63) is 11.0 Å². The van der Waals surface area contributed by atoms with Crippen molar-refractivity contribution in [2.75, 3.05) is 7.11 Å². The van der Waals surface area contributed by atoms with Crippen LogP contribution in [0.15, 0.2) is 0 Å². The SMILES string of the molecule is COc1sc(F)nc1C(C)(C)C. The molecule has 2 nitrogen and oxygen atoms in total. The number of aromatic nitrogens is 1. The molecule has 0 saturated carbocycles. The first-order valence-electron chi connectivity index (χ1n) is 3.66. The maximum Gasteiger partial charge on any atom is 0.272 e. The maximum absolute atomic E-state index is 12.7. The van der Waals surface area contributed by atoms with Gasteiger partial charge in [-0.25, -0.2) is 4.98 Å². The molecule has 1 heterocycles. The molecule has 0 atom stereocenters. The summed E-state index contributed by atoms with van der Waals surface area (Å²) in [7, 11) is 1.53. The fraction of sp³-hybridized carbons (Fsp3) is 0.625. The van der Waals surface area contributed by atoms with E-state index < -0.39 is 5.26 Å². The van der Waals surface area contributed by atoms with E-state index in [-0.39, 0.29) is 5.41 Å². The molecule has 0 aliphatic heterocycles. The summed E-state index contributed by atoms with van der Waals surface area (Å²) in [5, 5.41) is 0.136. The number of thiazole rings is 1. The van der Waals surface area contributed by atoms with E-state index in [2.05, 4.69) is 4.98 Å². The van der Waals surface area contributed by atoms with E-state index in [9.17, 15) is 4.39 Å². The molecule has 0 aromatic carbocycles. The summed E-state index contributed by atoms with van der Waals surface area (Å²) in [6, 6.07) is 0. The standard InChI is InChI=1S/C8H12FNOS/c1-8(2,3)5-6(11-4)12-7(9)10-5/h1-4H3. The largest absolute Gasteiger partial charge is 0.486 e. The Balaban J connectivity index is 3.13. The van der Waals surface area contributed by atoms with Gasteiger partial charge in [-0.2, -0.15) is 4.39 Å². The summed E-state index contributed by atoms with van der Waals surface area (Å²) in [6.07, 6.45) is 0. The number of hydrogen-bond donors (Lipinski definition) is 0. The molecule has 0 aliphatic carbocycles. The van der Waals surface area contributed by atoms with Gasteiger partial charge in [-0.05, 0) is 11.3 Å². The third-order valence-electron chi connectivity index (χ3n) is 1.47. The third kappa shape index (κ3) is 1.75. The van der Waals surface area contributed by atoms with Gasteiger partial charge in [-0.3, -0.25) is 0 Å². The van der Waals surface area contributed by atoms with Crippen LogP contribution in [-0.2, 0) is 5.41 Å². The fourth-order valence-electron chi connectivity index (χ4n) is 0.893. The molecular weight excluding hydrogens is 177 g/mol. The first-order valence-corrected chi connectivity index (χ1v) is 4.47. The molecule has 0 saturated heterocycles. The zero-order valence-corrected chi connectivity index (χ0v) is 8.46. The highest BCUT2D eigenvalue weighted by atomic mass is 32.1. The highest BCUT2D eigenvalue weighted by molar-refractivity contribution is 7.12. The van der Waals surface area contributed by atoms with Crippen LogP contribution in [0.1, 0.15) is 26.5 Å². The number of rotatable bonds is 1. The molecule has 1 aromatic rings. The summed E-state index contributed by atoms with van der Waals surface area (Å²) < 4.78 is 17.7. The van der Waals surface area contributed by atoms with Crippen molar-refractivity contribution < 1.29 is 9.13 Å². The Labute approximate surface area is 75.4 Å². The average molecular weight is 189 g/mol. The van der Waals surface area contributed by atoms with Gasteiger partial charge in [0.1, 0.15) is 5.69 Å². The Morgan fingerprint density at radius 1 is 1.42 bits per heavy atom. The molecule has 0 radical (unpaired) electrons. The number of nitrogens with zero attached hydrogens (tertiary/aromatic N) is 1. The smallest absolute Gasteiger partial charge is 0.272 e. The van der Waals surface area contributed by atoms with E-state index in [4.69, 9.17) is 4.74 Å². The zero-order valence-electron chi connectivity index (χ0n) is 7.64. The normalized spacial score (nSPS) is 11.8. The van der Waals surface area contributed by atoms with Gasteiger partial charge in [0, 0.05) is 5.41 Å². The number of halogens is 1. The quantitative estimate of drug-likeness (QED) is 0.677. The second kappa shape index (κ2) is 3.01. The minimum atomic E-state index is -0.434. The van der Waals surface area contributed by atoms with Crippen LogP contribution in [-0.4, -0.2) is 12.1 Å². The summed E-state index contributed by atoms with van der Waals surface area (Å²) >= 11 is 0.941. The molecule has 1 aromatic heterocycles. The van der Waals surface area contributed by atoms with E-state index in [1.54, 1.807) is 0 Å². The van der Waals surface area contributed by atoms with Crippen LogP contribution in [0.4, 0.5) is 4.39 Å². The maximum atomic E-state index is 12.7. The molecule has 0 aliphatic rings. The molecular formula is C8H12FNOS. The Morgan fingerprint density at radius 3 is 2.33 bits per heavy atom. The molecule has 0 bridgehead atoms. The van der Waals surface area contributed by atoms with Crippen LogP contribution in [0.2, 0.25) is 0 Å².